The first kappa shape index (κ1) is 70.9. The zero-order valence-corrected chi connectivity index (χ0v) is 43.1. The highest BCUT2D eigenvalue weighted by Gasteiger charge is 2.41. The quantitative estimate of drug-likeness (QED) is 0.102. The van der Waals surface area contributed by atoms with Crippen LogP contribution < -0.4 is 9.47 Å². The summed E-state index contributed by atoms with van der Waals surface area (Å²) in [5, 5.41) is 18.0. The molecule has 0 saturated heterocycles. The van der Waals surface area contributed by atoms with Gasteiger partial charge in [0.05, 0.1) is 47.6 Å². The first-order chi connectivity index (χ1) is 38.3. The Bertz CT molecular complexity index is 3290. The highest BCUT2D eigenvalue weighted by Crippen LogP contribution is 2.43. The summed E-state index contributed by atoms with van der Waals surface area (Å²) in [5.41, 5.74) is -10.3. The standard InChI is InChI=1S/C17H10ClF7O3.C16H8ClF7O3.C10H8F4O3.C7H3ClF4/c1-27-15(26)14(8-4-9(16(20,21)22)6-11(19)5-8)28-13-7-10(18)2-3-12(13)17(23,24)25;17-9-1-2-11(16(22,23)24)12(6-9)27-13(14(25)26)7-3-8(15(19,20)21)5-10(18)4-7;1-17-9(16)8(15)5-2-6(10(12,13)14)4-7(11)3-5;8-4-1-2-5(6(9)3-4)7(10,11)12/h2-7,14H,1H3;1-6,13H,(H,25,26);2-4,8,15H,1H3;1-3H. The van der Waals surface area contributed by atoms with Crippen molar-refractivity contribution in [1.29, 1.82) is 0 Å². The highest BCUT2D eigenvalue weighted by molar-refractivity contribution is 6.31. The number of aliphatic carboxylic acids is 1. The molecule has 9 nitrogen and oxygen atoms in total. The van der Waals surface area contributed by atoms with Gasteiger partial charge >= 0.3 is 55.0 Å². The van der Waals surface area contributed by atoms with Gasteiger partial charge in [-0.25, -0.2) is 31.9 Å². The van der Waals surface area contributed by atoms with Crippen LogP contribution in [0.2, 0.25) is 15.1 Å². The molecule has 6 aromatic carbocycles. The van der Waals surface area contributed by atoms with Crippen LogP contribution in [0.25, 0.3) is 0 Å². The molecule has 0 heterocycles. The average Bonchev–Trinajstić information content (AvgIpc) is 2.80. The lowest BCUT2D eigenvalue weighted by Gasteiger charge is -2.21. The number of carbonyl (C=O) groups excluding carboxylic acids is 2. The van der Waals surface area contributed by atoms with Crippen molar-refractivity contribution in [3.63, 3.8) is 0 Å². The molecule has 34 heteroatoms. The number of alkyl halides is 18. The van der Waals surface area contributed by atoms with Gasteiger partial charge in [-0.15, -0.1) is 0 Å². The summed E-state index contributed by atoms with van der Waals surface area (Å²) in [4.78, 5) is 34.3. The van der Waals surface area contributed by atoms with E-state index in [1.807, 2.05) is 0 Å². The molecule has 3 atom stereocenters. The van der Waals surface area contributed by atoms with E-state index in [4.69, 9.17) is 44.3 Å². The Kier molecular flexibility index (Phi) is 23.6. The Morgan fingerprint density at radius 1 is 0.405 bits per heavy atom. The van der Waals surface area contributed by atoms with Gasteiger partial charge in [0.1, 0.15) is 34.8 Å². The van der Waals surface area contributed by atoms with Gasteiger partial charge in [0.2, 0.25) is 12.2 Å². The predicted octanol–water partition coefficient (Wildman–Crippen LogP) is 17.1. The lowest BCUT2D eigenvalue weighted by Crippen LogP contribution is -2.22. The lowest BCUT2D eigenvalue weighted by atomic mass is 10.0. The summed E-state index contributed by atoms with van der Waals surface area (Å²) in [6.07, 6.45) is -35.7. The number of aliphatic hydroxyl groups excluding tert-OH is 1. The second kappa shape index (κ2) is 28.0. The highest BCUT2D eigenvalue weighted by atomic mass is 35.5. The number of hydrogen-bond donors (Lipinski definition) is 2. The van der Waals surface area contributed by atoms with Crippen LogP contribution in [0.3, 0.4) is 0 Å². The number of methoxy groups -OCH3 is 2. The fourth-order valence-corrected chi connectivity index (χ4v) is 6.77. The molecule has 0 radical (unpaired) electrons. The monoisotopic (exact) mass is 1300 g/mol. The van der Waals surface area contributed by atoms with Crippen molar-refractivity contribution in [2.45, 2.75) is 55.4 Å². The third-order valence-corrected chi connectivity index (χ3v) is 10.7. The largest absolute Gasteiger partial charge is 0.478 e. The molecule has 0 aromatic heterocycles. The molecule has 0 spiro atoms. The van der Waals surface area contributed by atoms with E-state index in [0.717, 1.165) is 38.5 Å². The van der Waals surface area contributed by atoms with Crippen molar-refractivity contribution in [2.75, 3.05) is 14.2 Å². The molecule has 0 aliphatic heterocycles. The number of ether oxygens (including phenoxy) is 4. The van der Waals surface area contributed by atoms with Gasteiger partial charge in [-0.2, -0.15) is 79.0 Å². The Morgan fingerprint density at radius 3 is 1.04 bits per heavy atom. The van der Waals surface area contributed by atoms with Crippen LogP contribution in [0, 0.1) is 23.3 Å². The summed E-state index contributed by atoms with van der Waals surface area (Å²) >= 11 is 16.5. The van der Waals surface area contributed by atoms with E-state index in [1.54, 1.807) is 0 Å². The third-order valence-electron chi connectivity index (χ3n) is 9.95. The lowest BCUT2D eigenvalue weighted by molar-refractivity contribution is -0.151. The number of carbonyl (C=O) groups is 3. The molecule has 6 aromatic rings. The zero-order valence-electron chi connectivity index (χ0n) is 40.8. The van der Waals surface area contributed by atoms with E-state index in [-0.39, 0.29) is 39.3 Å². The molecule has 0 saturated carbocycles. The summed E-state index contributed by atoms with van der Waals surface area (Å²) in [5.74, 6) is -11.8. The molecule has 0 amide bonds. The topological polar surface area (TPSA) is 129 Å². The van der Waals surface area contributed by atoms with Gasteiger partial charge in [-0.3, -0.25) is 0 Å². The van der Waals surface area contributed by atoms with Crippen LogP contribution in [0.4, 0.5) is 96.6 Å². The van der Waals surface area contributed by atoms with Gasteiger partial charge in [0.15, 0.2) is 6.10 Å². The number of carboxylic acids is 1. The van der Waals surface area contributed by atoms with E-state index in [2.05, 4.69) is 9.47 Å². The van der Waals surface area contributed by atoms with Crippen molar-refractivity contribution in [1.82, 2.24) is 0 Å². The van der Waals surface area contributed by atoms with Crippen LogP contribution in [0.15, 0.2) is 109 Å². The summed E-state index contributed by atoms with van der Waals surface area (Å²) in [6.45, 7) is 0. The zero-order chi connectivity index (χ0) is 64.4. The Hall–Kier alpha value is -7.38. The number of aliphatic hydroxyl groups is 1. The molecule has 84 heavy (non-hydrogen) atoms. The summed E-state index contributed by atoms with van der Waals surface area (Å²) in [7, 11) is 1.79. The van der Waals surface area contributed by atoms with Crippen LogP contribution >= 0.6 is 34.8 Å². The average molecular weight is 1300 g/mol. The van der Waals surface area contributed by atoms with Crippen molar-refractivity contribution >= 4 is 52.7 Å². The molecule has 3 unspecified atom stereocenters. The minimum Gasteiger partial charge on any atom is -0.478 e. The van der Waals surface area contributed by atoms with Crippen LogP contribution in [-0.2, 0) is 60.9 Å². The van der Waals surface area contributed by atoms with Crippen LogP contribution in [-0.4, -0.2) is 42.3 Å². The summed E-state index contributed by atoms with van der Waals surface area (Å²) < 4.78 is 299. The molecular weight excluding hydrogens is 1270 g/mol. The minimum atomic E-state index is -5.01. The molecular formula is C50H29Cl3F22O9. The van der Waals surface area contributed by atoms with Gasteiger partial charge in [-0.05, 0) is 115 Å². The Morgan fingerprint density at radius 2 is 0.714 bits per heavy atom. The second-order valence-electron chi connectivity index (χ2n) is 16.0. The molecule has 0 fully saturated rings. The van der Waals surface area contributed by atoms with Gasteiger partial charge in [0, 0.05) is 26.2 Å². The first-order valence-corrected chi connectivity index (χ1v) is 22.7. The maximum Gasteiger partial charge on any atom is 0.419 e. The number of rotatable bonds is 10. The molecule has 6 rings (SSSR count). The van der Waals surface area contributed by atoms with Crippen LogP contribution in [0.5, 0.6) is 11.5 Å². The third kappa shape index (κ3) is 20.7. The number of carboxylic acid groups (broad SMARTS) is 1. The Balaban J connectivity index is 0.000000307. The maximum atomic E-state index is 13.6. The molecule has 0 bridgehead atoms. The van der Waals surface area contributed by atoms with Gasteiger partial charge in [-0.1, -0.05) is 34.8 Å². The number of hydrogen-bond acceptors (Lipinski definition) is 8. The number of esters is 2. The molecule has 0 aliphatic carbocycles. The first-order valence-electron chi connectivity index (χ1n) is 21.6. The van der Waals surface area contributed by atoms with Gasteiger partial charge in [0.25, 0.3) is 0 Å². The fourth-order valence-electron chi connectivity index (χ4n) is 6.29. The minimum absolute atomic E-state index is 0.0551. The van der Waals surface area contributed by atoms with Crippen molar-refractivity contribution in [3.05, 3.63) is 198 Å². The molecule has 0 aliphatic rings. The fraction of sp³-hybridized carbons (Fsp3) is 0.220. The van der Waals surface area contributed by atoms with E-state index < -0.39 is 158 Å². The van der Waals surface area contributed by atoms with E-state index >= 15 is 0 Å². The molecule has 458 valence electrons. The van der Waals surface area contributed by atoms with E-state index in [0.29, 0.717) is 60.7 Å². The van der Waals surface area contributed by atoms with E-state index in [9.17, 15) is 121 Å². The smallest absolute Gasteiger partial charge is 0.419 e. The second-order valence-corrected chi connectivity index (χ2v) is 17.3. The van der Waals surface area contributed by atoms with Crippen molar-refractivity contribution in [2.24, 2.45) is 0 Å². The summed E-state index contributed by atoms with van der Waals surface area (Å²) in [6, 6.07) is 9.76. The van der Waals surface area contributed by atoms with Crippen LogP contribution in [0.1, 0.15) is 68.4 Å². The van der Waals surface area contributed by atoms with Crippen molar-refractivity contribution in [3.8, 4) is 11.5 Å². The maximum absolute atomic E-state index is 13.6. The molecule has 2 N–H and O–H groups in total. The predicted molar refractivity (Wildman–Crippen MR) is 247 cm³/mol. The van der Waals surface area contributed by atoms with Gasteiger partial charge < -0.3 is 29.2 Å². The SMILES string of the molecule is COC(=O)C(O)c1cc(F)cc(C(F)(F)F)c1.COC(=O)C(Oc1cc(Cl)ccc1C(F)(F)F)c1cc(F)cc(C(F)(F)F)c1.Fc1cc(Cl)ccc1C(F)(F)F.O=C(O)C(Oc1cc(Cl)ccc1C(F)(F)F)c1cc(F)cc(C(F)(F)F)c1. The number of halogens is 25. The van der Waals surface area contributed by atoms with Crippen molar-refractivity contribution < 1.29 is 140 Å². The van der Waals surface area contributed by atoms with E-state index in [1.165, 1.54) is 0 Å². The number of benzene rings is 6. The Labute approximate surface area is 470 Å². The normalized spacial score (nSPS) is 13.0.